The van der Waals surface area contributed by atoms with Crippen LogP contribution in [0.3, 0.4) is 0 Å². The van der Waals surface area contributed by atoms with Gasteiger partial charge in [-0.05, 0) is 19.4 Å². The summed E-state index contributed by atoms with van der Waals surface area (Å²) in [5, 5.41) is 6.94. The van der Waals surface area contributed by atoms with Crippen molar-refractivity contribution in [3.8, 4) is 0 Å². The summed E-state index contributed by atoms with van der Waals surface area (Å²) in [4.78, 5) is 11.8. The largest absolute Gasteiger partial charge is 0.310 e. The van der Waals surface area contributed by atoms with Gasteiger partial charge in [0, 0.05) is 12.3 Å². The minimum absolute atomic E-state index is 0.493. The minimum Gasteiger partial charge on any atom is -0.310 e. The van der Waals surface area contributed by atoms with Crippen LogP contribution in [0.25, 0.3) is 0 Å². The van der Waals surface area contributed by atoms with Crippen LogP contribution in [0.1, 0.15) is 16.8 Å². The van der Waals surface area contributed by atoms with Crippen molar-refractivity contribution < 1.29 is 13.2 Å². The first-order valence-corrected chi connectivity index (χ1v) is 8.86. The molecule has 22 heavy (non-hydrogen) atoms. The number of benzene rings is 1. The lowest BCUT2D eigenvalue weighted by atomic mass is 10.1. The fourth-order valence-electron chi connectivity index (χ4n) is 2.17. The minimum atomic E-state index is -3.36. The SMILES string of the molecule is Cc1cccc(Cn2nc(C)cc2NC(=O)CS(C)(=O)=O)c1. The number of amides is 1. The molecule has 0 aliphatic heterocycles. The summed E-state index contributed by atoms with van der Waals surface area (Å²) < 4.78 is 24.0. The second-order valence-electron chi connectivity index (χ2n) is 5.44. The van der Waals surface area contributed by atoms with Gasteiger partial charge in [0.2, 0.25) is 5.91 Å². The molecule has 1 amide bonds. The molecule has 0 fully saturated rings. The zero-order valence-corrected chi connectivity index (χ0v) is 13.6. The van der Waals surface area contributed by atoms with Gasteiger partial charge < -0.3 is 5.32 Å². The first-order chi connectivity index (χ1) is 10.2. The van der Waals surface area contributed by atoms with Crippen LogP contribution in [0.15, 0.2) is 30.3 Å². The predicted molar refractivity (Wildman–Crippen MR) is 85.6 cm³/mol. The van der Waals surface area contributed by atoms with Gasteiger partial charge >= 0.3 is 0 Å². The highest BCUT2D eigenvalue weighted by Crippen LogP contribution is 2.14. The maximum atomic E-state index is 11.8. The van der Waals surface area contributed by atoms with Crippen molar-refractivity contribution in [2.24, 2.45) is 0 Å². The third kappa shape index (κ3) is 4.70. The Morgan fingerprint density at radius 1 is 1.27 bits per heavy atom. The number of nitrogens with zero attached hydrogens (tertiary/aromatic N) is 2. The van der Waals surface area contributed by atoms with Crippen molar-refractivity contribution in [2.75, 3.05) is 17.3 Å². The van der Waals surface area contributed by atoms with Crippen LogP contribution in [0.2, 0.25) is 0 Å². The van der Waals surface area contributed by atoms with E-state index in [0.29, 0.717) is 12.4 Å². The molecule has 0 spiro atoms. The maximum absolute atomic E-state index is 11.8. The molecule has 1 N–H and O–H groups in total. The summed E-state index contributed by atoms with van der Waals surface area (Å²) in [6, 6.07) is 9.71. The van der Waals surface area contributed by atoms with E-state index in [1.807, 2.05) is 38.1 Å². The number of rotatable bonds is 5. The highest BCUT2D eigenvalue weighted by atomic mass is 32.2. The zero-order valence-electron chi connectivity index (χ0n) is 12.8. The quantitative estimate of drug-likeness (QED) is 0.905. The van der Waals surface area contributed by atoms with Crippen molar-refractivity contribution in [1.82, 2.24) is 9.78 Å². The van der Waals surface area contributed by atoms with E-state index in [0.717, 1.165) is 23.1 Å². The smallest absolute Gasteiger partial charge is 0.240 e. The van der Waals surface area contributed by atoms with Crippen LogP contribution < -0.4 is 5.32 Å². The van der Waals surface area contributed by atoms with Crippen LogP contribution in [0.4, 0.5) is 5.82 Å². The average Bonchev–Trinajstić information content (AvgIpc) is 2.66. The van der Waals surface area contributed by atoms with Crippen LogP contribution >= 0.6 is 0 Å². The molecule has 1 aromatic carbocycles. The normalized spacial score (nSPS) is 11.4. The van der Waals surface area contributed by atoms with Crippen molar-refractivity contribution in [3.05, 3.63) is 47.2 Å². The Morgan fingerprint density at radius 2 is 2.00 bits per heavy atom. The Labute approximate surface area is 130 Å². The first-order valence-electron chi connectivity index (χ1n) is 6.80. The Hall–Kier alpha value is -2.15. The fraction of sp³-hybridized carbons (Fsp3) is 0.333. The molecular weight excluding hydrogens is 302 g/mol. The van der Waals surface area contributed by atoms with Crippen molar-refractivity contribution in [1.29, 1.82) is 0 Å². The summed E-state index contributed by atoms with van der Waals surface area (Å²) in [5.41, 5.74) is 2.95. The van der Waals surface area contributed by atoms with E-state index < -0.39 is 21.5 Å². The van der Waals surface area contributed by atoms with Gasteiger partial charge in [-0.25, -0.2) is 13.1 Å². The molecule has 0 radical (unpaired) electrons. The maximum Gasteiger partial charge on any atom is 0.240 e. The lowest BCUT2D eigenvalue weighted by Gasteiger charge is -2.09. The Morgan fingerprint density at radius 3 is 2.64 bits per heavy atom. The second kappa shape index (κ2) is 6.31. The molecule has 2 rings (SSSR count). The van der Waals surface area contributed by atoms with E-state index in [1.54, 1.807) is 10.7 Å². The average molecular weight is 321 g/mol. The summed E-state index contributed by atoms with van der Waals surface area (Å²) in [6.07, 6.45) is 1.03. The molecule has 7 heteroatoms. The lowest BCUT2D eigenvalue weighted by Crippen LogP contribution is -2.23. The van der Waals surface area contributed by atoms with Gasteiger partial charge in [0.15, 0.2) is 9.84 Å². The fourth-order valence-corrected chi connectivity index (χ4v) is 2.72. The number of sulfone groups is 1. The molecule has 0 unspecified atom stereocenters. The summed E-state index contributed by atoms with van der Waals surface area (Å²) in [6.45, 7) is 4.33. The van der Waals surface area contributed by atoms with Gasteiger partial charge in [0.1, 0.15) is 11.6 Å². The predicted octanol–water partition coefficient (Wildman–Crippen LogP) is 1.53. The third-order valence-electron chi connectivity index (χ3n) is 2.98. The van der Waals surface area contributed by atoms with Crippen LogP contribution in [0, 0.1) is 13.8 Å². The van der Waals surface area contributed by atoms with E-state index in [-0.39, 0.29) is 0 Å². The molecule has 0 saturated carbocycles. The van der Waals surface area contributed by atoms with Gasteiger partial charge in [-0.1, -0.05) is 29.8 Å². The summed E-state index contributed by atoms with van der Waals surface area (Å²) in [5.74, 6) is -0.609. The Kier molecular flexibility index (Phi) is 4.65. The second-order valence-corrected chi connectivity index (χ2v) is 7.58. The third-order valence-corrected chi connectivity index (χ3v) is 3.76. The molecular formula is C15H19N3O3S. The lowest BCUT2D eigenvalue weighted by molar-refractivity contribution is -0.113. The highest BCUT2D eigenvalue weighted by Gasteiger charge is 2.14. The van der Waals surface area contributed by atoms with E-state index >= 15 is 0 Å². The topological polar surface area (TPSA) is 81.1 Å². The molecule has 1 aromatic heterocycles. The van der Waals surface area contributed by atoms with Crippen LogP contribution in [-0.2, 0) is 21.2 Å². The van der Waals surface area contributed by atoms with Crippen LogP contribution in [-0.4, -0.2) is 36.1 Å². The van der Waals surface area contributed by atoms with Gasteiger partial charge in [0.05, 0.1) is 12.2 Å². The molecule has 0 bridgehead atoms. The van der Waals surface area contributed by atoms with Crippen LogP contribution in [0.5, 0.6) is 0 Å². The summed E-state index contributed by atoms with van der Waals surface area (Å²) in [7, 11) is -3.36. The number of nitrogens with one attached hydrogen (secondary N) is 1. The number of hydrogen-bond acceptors (Lipinski definition) is 4. The Balaban J connectivity index is 2.18. The monoisotopic (exact) mass is 321 g/mol. The molecule has 0 aliphatic rings. The molecule has 0 atom stereocenters. The van der Waals surface area contributed by atoms with Gasteiger partial charge in [-0.2, -0.15) is 5.10 Å². The molecule has 1 heterocycles. The van der Waals surface area contributed by atoms with E-state index in [1.165, 1.54) is 0 Å². The van der Waals surface area contributed by atoms with E-state index in [4.69, 9.17) is 0 Å². The van der Waals surface area contributed by atoms with Crippen molar-refractivity contribution in [3.63, 3.8) is 0 Å². The molecule has 0 aliphatic carbocycles. The van der Waals surface area contributed by atoms with Crippen molar-refractivity contribution in [2.45, 2.75) is 20.4 Å². The Bertz CT molecular complexity index is 794. The molecule has 118 valence electrons. The molecule has 6 nitrogen and oxygen atoms in total. The van der Waals surface area contributed by atoms with Gasteiger partial charge in [-0.3, -0.25) is 4.79 Å². The number of carbonyl (C=O) groups is 1. The zero-order chi connectivity index (χ0) is 16.3. The number of aryl methyl sites for hydroxylation is 2. The highest BCUT2D eigenvalue weighted by molar-refractivity contribution is 7.91. The standard InChI is InChI=1S/C15H19N3O3S/c1-11-5-4-6-13(7-11)9-18-14(8-12(2)17-18)16-15(19)10-22(3,20)21/h4-8H,9-10H2,1-3H3,(H,16,19). The van der Waals surface area contributed by atoms with Gasteiger partial charge in [0.25, 0.3) is 0 Å². The van der Waals surface area contributed by atoms with Gasteiger partial charge in [-0.15, -0.1) is 0 Å². The molecule has 2 aromatic rings. The molecule has 0 saturated heterocycles. The van der Waals surface area contributed by atoms with E-state index in [9.17, 15) is 13.2 Å². The van der Waals surface area contributed by atoms with E-state index in [2.05, 4.69) is 10.4 Å². The number of hydrogen-bond donors (Lipinski definition) is 1. The number of carbonyl (C=O) groups excluding carboxylic acids is 1. The number of aromatic nitrogens is 2. The number of anilines is 1. The van der Waals surface area contributed by atoms with Crippen molar-refractivity contribution >= 4 is 21.6 Å². The summed E-state index contributed by atoms with van der Waals surface area (Å²) >= 11 is 0. The first kappa shape index (κ1) is 16.2.